The summed E-state index contributed by atoms with van der Waals surface area (Å²) in [4.78, 5) is 16.9. The molecule has 0 radical (unpaired) electrons. The van der Waals surface area contributed by atoms with E-state index in [-0.39, 0.29) is 5.91 Å². The van der Waals surface area contributed by atoms with Gasteiger partial charge in [-0.3, -0.25) is 9.69 Å². The number of carbonyl (C=O) groups excluding carboxylic acids is 1. The highest BCUT2D eigenvalue weighted by Crippen LogP contribution is 2.53. The van der Waals surface area contributed by atoms with Gasteiger partial charge in [-0.15, -0.1) is 0 Å². The third kappa shape index (κ3) is 3.38. The van der Waals surface area contributed by atoms with E-state index in [1.807, 2.05) is 108 Å². The van der Waals surface area contributed by atoms with Crippen molar-refractivity contribution in [2.24, 2.45) is 5.73 Å². The van der Waals surface area contributed by atoms with E-state index in [9.17, 15) is 4.79 Å². The first-order valence-corrected chi connectivity index (χ1v) is 12.7. The number of nitrogens with zero attached hydrogens (tertiary/aromatic N) is 1. The summed E-state index contributed by atoms with van der Waals surface area (Å²) >= 11 is 0. The Bertz CT molecular complexity index is 1470. The van der Waals surface area contributed by atoms with Crippen molar-refractivity contribution in [3.05, 3.63) is 167 Å². The molecule has 5 aromatic carbocycles. The SMILES string of the molecule is COc1ccc(C2(N)C(=O)N(C(c3ccccc3)(c3ccccc3)c3ccccc3)c3ccccc32)cc1. The number of rotatable bonds is 6. The average Bonchev–Trinajstić information content (AvgIpc) is 3.23. The third-order valence-electron chi connectivity index (χ3n) is 7.57. The largest absolute Gasteiger partial charge is 0.497 e. The summed E-state index contributed by atoms with van der Waals surface area (Å²) in [6.45, 7) is 0. The molecule has 0 fully saturated rings. The highest BCUT2D eigenvalue weighted by molar-refractivity contribution is 6.12. The molecule has 0 bridgehead atoms. The number of anilines is 1. The molecule has 1 aliphatic heterocycles. The van der Waals surface area contributed by atoms with Crippen molar-refractivity contribution in [3.63, 3.8) is 0 Å². The van der Waals surface area contributed by atoms with Crippen LogP contribution in [0.3, 0.4) is 0 Å². The van der Waals surface area contributed by atoms with Crippen LogP contribution in [-0.2, 0) is 15.9 Å². The van der Waals surface area contributed by atoms with Crippen LogP contribution in [0, 0.1) is 0 Å². The number of amides is 1. The molecule has 4 heteroatoms. The Balaban J connectivity index is 1.70. The van der Waals surface area contributed by atoms with Crippen LogP contribution in [0.4, 0.5) is 5.69 Å². The molecule has 1 atom stereocenters. The number of nitrogens with two attached hydrogens (primary N) is 1. The molecule has 2 N–H and O–H groups in total. The highest BCUT2D eigenvalue weighted by atomic mass is 16.5. The van der Waals surface area contributed by atoms with E-state index in [0.29, 0.717) is 11.3 Å². The van der Waals surface area contributed by atoms with Gasteiger partial charge in [0.05, 0.1) is 12.8 Å². The van der Waals surface area contributed by atoms with E-state index in [0.717, 1.165) is 27.9 Å². The van der Waals surface area contributed by atoms with Crippen molar-refractivity contribution in [1.82, 2.24) is 0 Å². The summed E-state index contributed by atoms with van der Waals surface area (Å²) in [6.07, 6.45) is 0. The van der Waals surface area contributed by atoms with Gasteiger partial charge in [-0.2, -0.15) is 0 Å². The van der Waals surface area contributed by atoms with E-state index in [1.54, 1.807) is 7.11 Å². The lowest BCUT2D eigenvalue weighted by Crippen LogP contribution is -2.56. The molecular formula is C34H28N2O2. The van der Waals surface area contributed by atoms with Crippen LogP contribution in [0.1, 0.15) is 27.8 Å². The van der Waals surface area contributed by atoms with Crippen LogP contribution in [0.2, 0.25) is 0 Å². The second-order valence-corrected chi connectivity index (χ2v) is 9.50. The predicted molar refractivity (Wildman–Crippen MR) is 151 cm³/mol. The Morgan fingerprint density at radius 3 is 1.55 bits per heavy atom. The monoisotopic (exact) mass is 496 g/mol. The molecule has 1 unspecified atom stereocenters. The molecule has 0 aromatic heterocycles. The van der Waals surface area contributed by atoms with Gasteiger partial charge in [0, 0.05) is 5.56 Å². The van der Waals surface area contributed by atoms with Crippen molar-refractivity contribution in [3.8, 4) is 5.75 Å². The summed E-state index contributed by atoms with van der Waals surface area (Å²) in [5, 5.41) is 0. The van der Waals surface area contributed by atoms with Gasteiger partial charge in [0.15, 0.2) is 0 Å². The quantitative estimate of drug-likeness (QED) is 0.283. The first-order chi connectivity index (χ1) is 18.6. The predicted octanol–water partition coefficient (Wildman–Crippen LogP) is 6.24. The summed E-state index contributed by atoms with van der Waals surface area (Å²) in [5.41, 5.74) is 10.0. The van der Waals surface area contributed by atoms with Crippen LogP contribution < -0.4 is 15.4 Å². The number of benzene rings is 5. The number of methoxy groups -OCH3 is 1. The molecule has 6 rings (SSSR count). The zero-order valence-corrected chi connectivity index (χ0v) is 21.1. The summed E-state index contributed by atoms with van der Waals surface area (Å²) in [7, 11) is 1.62. The Morgan fingerprint density at radius 2 is 1.08 bits per heavy atom. The summed E-state index contributed by atoms with van der Waals surface area (Å²) in [5.74, 6) is 0.514. The molecule has 1 heterocycles. The van der Waals surface area contributed by atoms with E-state index < -0.39 is 11.1 Å². The molecule has 0 saturated heterocycles. The number of ether oxygens (including phenoxy) is 1. The van der Waals surface area contributed by atoms with Crippen molar-refractivity contribution >= 4 is 11.6 Å². The van der Waals surface area contributed by atoms with E-state index >= 15 is 0 Å². The van der Waals surface area contributed by atoms with Crippen LogP contribution in [0.15, 0.2) is 140 Å². The molecule has 4 nitrogen and oxygen atoms in total. The molecule has 1 amide bonds. The average molecular weight is 497 g/mol. The number of carbonyl (C=O) groups is 1. The fraction of sp³-hybridized carbons (Fsp3) is 0.0882. The number of hydrogen-bond acceptors (Lipinski definition) is 3. The zero-order chi connectivity index (χ0) is 26.2. The molecule has 1 aliphatic rings. The van der Waals surface area contributed by atoms with E-state index in [1.165, 1.54) is 0 Å². The minimum atomic E-state index is -1.38. The number of para-hydroxylation sites is 1. The Morgan fingerprint density at radius 1 is 0.632 bits per heavy atom. The number of fused-ring (bicyclic) bond motifs is 1. The lowest BCUT2D eigenvalue weighted by atomic mass is 9.75. The molecule has 0 saturated carbocycles. The first-order valence-electron chi connectivity index (χ1n) is 12.7. The maximum atomic E-state index is 15.0. The second kappa shape index (κ2) is 9.33. The van der Waals surface area contributed by atoms with Gasteiger partial charge in [-0.05, 0) is 40.5 Å². The van der Waals surface area contributed by atoms with Crippen molar-refractivity contribution < 1.29 is 9.53 Å². The standard InChI is InChI=1S/C34H28N2O2/c1-38-29-23-21-25(22-24-29)33(35)30-19-11-12-20-31(30)36(32(33)37)34(26-13-5-2-6-14-26,27-15-7-3-8-16-27)28-17-9-4-10-18-28/h2-24H,35H2,1H3. The Hall–Kier alpha value is -4.67. The van der Waals surface area contributed by atoms with Gasteiger partial charge in [0.25, 0.3) is 5.91 Å². The molecule has 38 heavy (non-hydrogen) atoms. The van der Waals surface area contributed by atoms with Crippen LogP contribution in [0.5, 0.6) is 5.75 Å². The van der Waals surface area contributed by atoms with Crippen molar-refractivity contribution in [1.29, 1.82) is 0 Å². The van der Waals surface area contributed by atoms with Crippen LogP contribution in [-0.4, -0.2) is 13.0 Å². The molecule has 186 valence electrons. The second-order valence-electron chi connectivity index (χ2n) is 9.50. The number of hydrogen-bond donors (Lipinski definition) is 1. The zero-order valence-electron chi connectivity index (χ0n) is 21.1. The van der Waals surface area contributed by atoms with E-state index in [4.69, 9.17) is 10.5 Å². The fourth-order valence-electron chi connectivity index (χ4n) is 5.79. The topological polar surface area (TPSA) is 55.6 Å². The molecule has 0 aliphatic carbocycles. The lowest BCUT2D eigenvalue weighted by molar-refractivity contribution is -0.122. The van der Waals surface area contributed by atoms with Crippen LogP contribution in [0.25, 0.3) is 0 Å². The van der Waals surface area contributed by atoms with Crippen LogP contribution >= 0.6 is 0 Å². The Labute approximate surface area is 222 Å². The Kier molecular flexibility index (Phi) is 5.82. The first kappa shape index (κ1) is 23.7. The van der Waals surface area contributed by atoms with Gasteiger partial charge in [0.1, 0.15) is 16.8 Å². The highest BCUT2D eigenvalue weighted by Gasteiger charge is 2.57. The van der Waals surface area contributed by atoms with E-state index in [2.05, 4.69) is 36.4 Å². The van der Waals surface area contributed by atoms with Crippen molar-refractivity contribution in [2.45, 2.75) is 11.1 Å². The van der Waals surface area contributed by atoms with Gasteiger partial charge in [-0.25, -0.2) is 0 Å². The lowest BCUT2D eigenvalue weighted by Gasteiger charge is -2.44. The third-order valence-corrected chi connectivity index (χ3v) is 7.57. The molecule has 0 spiro atoms. The molecular weight excluding hydrogens is 468 g/mol. The van der Waals surface area contributed by atoms with Gasteiger partial charge in [-0.1, -0.05) is 121 Å². The normalized spacial score (nSPS) is 16.8. The summed E-state index contributed by atoms with van der Waals surface area (Å²) in [6, 6.07) is 45.9. The smallest absolute Gasteiger partial charge is 0.257 e. The minimum Gasteiger partial charge on any atom is -0.497 e. The van der Waals surface area contributed by atoms with Gasteiger partial charge >= 0.3 is 0 Å². The molecule has 5 aromatic rings. The fourth-order valence-corrected chi connectivity index (χ4v) is 5.79. The van der Waals surface area contributed by atoms with Gasteiger partial charge in [0.2, 0.25) is 0 Å². The van der Waals surface area contributed by atoms with Crippen molar-refractivity contribution in [2.75, 3.05) is 12.0 Å². The maximum Gasteiger partial charge on any atom is 0.257 e. The van der Waals surface area contributed by atoms with Gasteiger partial charge < -0.3 is 10.5 Å². The maximum absolute atomic E-state index is 15.0. The summed E-state index contributed by atoms with van der Waals surface area (Å²) < 4.78 is 5.37. The minimum absolute atomic E-state index is 0.194.